The van der Waals surface area contributed by atoms with E-state index in [9.17, 15) is 4.79 Å². The number of benzene rings is 2. The van der Waals surface area contributed by atoms with Crippen molar-refractivity contribution in [3.8, 4) is 5.75 Å². The third-order valence-corrected chi connectivity index (χ3v) is 4.21. The van der Waals surface area contributed by atoms with Gasteiger partial charge in [0.15, 0.2) is 0 Å². The van der Waals surface area contributed by atoms with Crippen LogP contribution < -0.4 is 4.74 Å². The van der Waals surface area contributed by atoms with Gasteiger partial charge in [-0.25, -0.2) is 0 Å². The van der Waals surface area contributed by atoms with Crippen molar-refractivity contribution in [3.63, 3.8) is 0 Å². The molecule has 0 heterocycles. The highest BCUT2D eigenvalue weighted by Crippen LogP contribution is 2.35. The van der Waals surface area contributed by atoms with E-state index < -0.39 is 0 Å². The van der Waals surface area contributed by atoms with Crippen LogP contribution in [0, 0.1) is 13.8 Å². The van der Waals surface area contributed by atoms with Crippen molar-refractivity contribution >= 4 is 38.1 Å². The van der Waals surface area contributed by atoms with Gasteiger partial charge in [-0.1, -0.05) is 23.8 Å². The zero-order valence-corrected chi connectivity index (χ0v) is 14.4. The summed E-state index contributed by atoms with van der Waals surface area (Å²) in [6, 6.07) is 9.79. The quantitative estimate of drug-likeness (QED) is 0.661. The Morgan fingerprint density at radius 3 is 2.35 bits per heavy atom. The van der Waals surface area contributed by atoms with Gasteiger partial charge in [-0.05, 0) is 69.0 Å². The molecule has 0 saturated heterocycles. The minimum absolute atomic E-state index is 0.491. The zero-order valence-electron chi connectivity index (χ0n) is 11.2. The zero-order chi connectivity index (χ0) is 14.7. The van der Waals surface area contributed by atoms with Gasteiger partial charge in [-0.3, -0.25) is 4.79 Å². The maximum Gasteiger partial charge on any atom is 0.150 e. The summed E-state index contributed by atoms with van der Waals surface area (Å²) in [4.78, 5) is 10.8. The highest BCUT2D eigenvalue weighted by molar-refractivity contribution is 9.11. The molecule has 0 N–H and O–H groups in total. The molecule has 0 radical (unpaired) electrons. The Kier molecular flexibility index (Phi) is 5.00. The van der Waals surface area contributed by atoms with Crippen molar-refractivity contribution in [2.75, 3.05) is 0 Å². The third-order valence-electron chi connectivity index (χ3n) is 3.03. The number of ether oxygens (including phenoxy) is 1. The van der Waals surface area contributed by atoms with Gasteiger partial charge in [-0.15, -0.1) is 0 Å². The molecule has 2 rings (SSSR count). The monoisotopic (exact) mass is 396 g/mol. The Balaban J connectivity index is 2.23. The molecule has 0 aliphatic rings. The lowest BCUT2D eigenvalue weighted by Gasteiger charge is -2.13. The topological polar surface area (TPSA) is 26.3 Å². The number of halogens is 2. The first-order valence-electron chi connectivity index (χ1n) is 6.14. The predicted octanol–water partition coefficient (Wildman–Crippen LogP) is 5.22. The van der Waals surface area contributed by atoms with E-state index in [1.165, 1.54) is 11.1 Å². The normalized spacial score (nSPS) is 10.4. The molecule has 0 atom stereocenters. The standard InChI is InChI=1S/C16H14Br2O2/c1-10-3-4-11(2)13(5-10)9-20-16-14(17)6-12(8-19)7-15(16)18/h3-8H,9H2,1-2H3. The van der Waals surface area contributed by atoms with Crippen LogP contribution in [0.3, 0.4) is 0 Å². The van der Waals surface area contributed by atoms with Gasteiger partial charge in [0.1, 0.15) is 18.6 Å². The number of hydrogen-bond acceptors (Lipinski definition) is 2. The molecular formula is C16H14Br2O2. The second-order valence-corrected chi connectivity index (χ2v) is 6.36. The number of rotatable bonds is 4. The van der Waals surface area contributed by atoms with E-state index in [-0.39, 0.29) is 0 Å². The van der Waals surface area contributed by atoms with E-state index in [4.69, 9.17) is 4.74 Å². The Hall–Kier alpha value is -1.13. The van der Waals surface area contributed by atoms with Crippen molar-refractivity contribution in [1.29, 1.82) is 0 Å². The molecule has 0 unspecified atom stereocenters. The first-order chi connectivity index (χ1) is 9.51. The summed E-state index contributed by atoms with van der Waals surface area (Å²) < 4.78 is 7.41. The fraction of sp³-hybridized carbons (Fsp3) is 0.188. The minimum Gasteiger partial charge on any atom is -0.487 e. The van der Waals surface area contributed by atoms with Crippen LogP contribution in [0.2, 0.25) is 0 Å². The maximum absolute atomic E-state index is 10.8. The van der Waals surface area contributed by atoms with Gasteiger partial charge in [0, 0.05) is 5.56 Å². The molecule has 2 nitrogen and oxygen atoms in total. The number of aldehydes is 1. The van der Waals surface area contributed by atoms with Gasteiger partial charge in [0.05, 0.1) is 8.95 Å². The number of carbonyl (C=O) groups excluding carboxylic acids is 1. The highest BCUT2D eigenvalue weighted by atomic mass is 79.9. The Labute approximate surface area is 135 Å². The second kappa shape index (κ2) is 6.55. The molecule has 0 aromatic heterocycles. The van der Waals surface area contributed by atoms with Gasteiger partial charge in [0.2, 0.25) is 0 Å². The van der Waals surface area contributed by atoms with Crippen molar-refractivity contribution in [1.82, 2.24) is 0 Å². The number of hydrogen-bond donors (Lipinski definition) is 0. The van der Waals surface area contributed by atoms with Crippen LogP contribution in [-0.4, -0.2) is 6.29 Å². The largest absolute Gasteiger partial charge is 0.487 e. The van der Waals surface area contributed by atoms with E-state index in [0.717, 1.165) is 20.8 Å². The Morgan fingerprint density at radius 2 is 1.75 bits per heavy atom. The lowest BCUT2D eigenvalue weighted by atomic mass is 10.1. The van der Waals surface area contributed by atoms with E-state index >= 15 is 0 Å². The molecule has 20 heavy (non-hydrogen) atoms. The first kappa shape index (κ1) is 15.3. The third kappa shape index (κ3) is 3.49. The fourth-order valence-corrected chi connectivity index (χ4v) is 3.34. The SMILES string of the molecule is Cc1ccc(C)c(COc2c(Br)cc(C=O)cc2Br)c1. The van der Waals surface area contributed by atoms with Crippen molar-refractivity contribution in [2.45, 2.75) is 20.5 Å². The average Bonchev–Trinajstić information content (AvgIpc) is 2.41. The summed E-state index contributed by atoms with van der Waals surface area (Å²) in [7, 11) is 0. The van der Waals surface area contributed by atoms with E-state index in [0.29, 0.717) is 17.9 Å². The molecule has 0 bridgehead atoms. The Bertz CT molecular complexity index is 628. The van der Waals surface area contributed by atoms with E-state index in [1.54, 1.807) is 12.1 Å². The summed E-state index contributed by atoms with van der Waals surface area (Å²) >= 11 is 6.86. The second-order valence-electron chi connectivity index (χ2n) is 4.65. The van der Waals surface area contributed by atoms with Crippen LogP contribution in [0.5, 0.6) is 5.75 Å². The molecule has 104 valence electrons. The summed E-state index contributed by atoms with van der Waals surface area (Å²) in [5, 5.41) is 0. The summed E-state index contributed by atoms with van der Waals surface area (Å²) in [5.74, 6) is 0.705. The smallest absolute Gasteiger partial charge is 0.150 e. The van der Waals surface area contributed by atoms with Crippen LogP contribution in [0.4, 0.5) is 0 Å². The van der Waals surface area contributed by atoms with Crippen LogP contribution in [-0.2, 0) is 6.61 Å². The van der Waals surface area contributed by atoms with Crippen LogP contribution in [0.25, 0.3) is 0 Å². The van der Waals surface area contributed by atoms with Crippen molar-refractivity contribution in [2.24, 2.45) is 0 Å². The summed E-state index contributed by atoms with van der Waals surface area (Å²) in [6.07, 6.45) is 0.810. The summed E-state index contributed by atoms with van der Waals surface area (Å²) in [6.45, 7) is 4.62. The van der Waals surface area contributed by atoms with Gasteiger partial charge in [0.25, 0.3) is 0 Å². The van der Waals surface area contributed by atoms with Crippen LogP contribution >= 0.6 is 31.9 Å². The first-order valence-corrected chi connectivity index (χ1v) is 7.73. The molecule has 0 spiro atoms. The minimum atomic E-state index is 0.491. The van der Waals surface area contributed by atoms with Crippen molar-refractivity contribution < 1.29 is 9.53 Å². The number of carbonyl (C=O) groups is 1. The average molecular weight is 398 g/mol. The molecule has 0 saturated carbocycles. The molecule has 0 aliphatic heterocycles. The van der Waals surface area contributed by atoms with E-state index in [2.05, 4.69) is 63.9 Å². The molecule has 2 aromatic carbocycles. The van der Waals surface area contributed by atoms with Crippen molar-refractivity contribution in [3.05, 3.63) is 61.5 Å². The molecule has 0 amide bonds. The molecular weight excluding hydrogens is 384 g/mol. The van der Waals surface area contributed by atoms with Gasteiger partial charge < -0.3 is 4.74 Å². The summed E-state index contributed by atoms with van der Waals surface area (Å²) in [5.41, 5.74) is 4.17. The molecule has 0 fully saturated rings. The Morgan fingerprint density at radius 1 is 1.10 bits per heavy atom. The fourth-order valence-electron chi connectivity index (χ4n) is 1.89. The van der Waals surface area contributed by atoms with Crippen LogP contribution in [0.15, 0.2) is 39.3 Å². The van der Waals surface area contributed by atoms with E-state index in [1.807, 2.05) is 0 Å². The molecule has 4 heteroatoms. The predicted molar refractivity (Wildman–Crippen MR) is 87.5 cm³/mol. The molecule has 2 aromatic rings. The molecule has 0 aliphatic carbocycles. The highest BCUT2D eigenvalue weighted by Gasteiger charge is 2.10. The van der Waals surface area contributed by atoms with Gasteiger partial charge >= 0.3 is 0 Å². The lowest BCUT2D eigenvalue weighted by molar-refractivity contribution is 0.112. The number of aryl methyl sites for hydroxylation is 2. The maximum atomic E-state index is 10.8. The lowest BCUT2D eigenvalue weighted by Crippen LogP contribution is -2.00. The van der Waals surface area contributed by atoms with Gasteiger partial charge in [-0.2, -0.15) is 0 Å². The van der Waals surface area contributed by atoms with Crippen LogP contribution in [0.1, 0.15) is 27.0 Å².